The molecule has 1 saturated heterocycles. The lowest BCUT2D eigenvalue weighted by Gasteiger charge is -2.26. The maximum absolute atomic E-state index is 13.2. The minimum atomic E-state index is -0.780. The van der Waals surface area contributed by atoms with Gasteiger partial charge in [0.25, 0.3) is 11.8 Å². The van der Waals surface area contributed by atoms with Crippen LogP contribution >= 0.6 is 22.6 Å². The number of halogens is 1. The van der Waals surface area contributed by atoms with E-state index in [-0.39, 0.29) is 5.57 Å². The molecule has 0 aliphatic carbocycles. The van der Waals surface area contributed by atoms with E-state index >= 15 is 0 Å². The van der Waals surface area contributed by atoms with Crippen LogP contribution in [0.3, 0.4) is 0 Å². The summed E-state index contributed by atoms with van der Waals surface area (Å²) >= 11 is 2.14. The Kier molecular flexibility index (Phi) is 7.73. The monoisotopic (exact) mass is 596 g/mol. The number of hydrogen-bond donors (Lipinski definition) is 1. The van der Waals surface area contributed by atoms with Crippen molar-refractivity contribution in [3.05, 3.63) is 92.1 Å². The fraction of sp³-hybridized carbons (Fsp3) is 0.179. The molecule has 7 nitrogen and oxygen atoms in total. The van der Waals surface area contributed by atoms with Gasteiger partial charge in [-0.05, 0) is 90.4 Å². The Hall–Kier alpha value is -3.66. The van der Waals surface area contributed by atoms with E-state index in [9.17, 15) is 14.4 Å². The number of benzene rings is 3. The van der Waals surface area contributed by atoms with Crippen molar-refractivity contribution in [1.29, 1.82) is 0 Å². The molecule has 184 valence electrons. The van der Waals surface area contributed by atoms with Crippen molar-refractivity contribution in [3.63, 3.8) is 0 Å². The molecule has 8 heteroatoms. The zero-order valence-electron chi connectivity index (χ0n) is 20.1. The number of amides is 4. The number of imide groups is 2. The Morgan fingerprint density at radius 1 is 0.944 bits per heavy atom. The number of nitrogens with zero attached hydrogens (tertiary/aromatic N) is 1. The van der Waals surface area contributed by atoms with E-state index in [1.807, 2.05) is 51.1 Å². The van der Waals surface area contributed by atoms with Crippen molar-refractivity contribution in [2.75, 3.05) is 11.5 Å². The van der Waals surface area contributed by atoms with Crippen molar-refractivity contribution in [2.24, 2.45) is 0 Å². The number of hydrogen-bond acceptors (Lipinski definition) is 5. The number of nitrogens with one attached hydrogen (secondary N) is 1. The molecule has 1 aliphatic heterocycles. The average Bonchev–Trinajstić information content (AvgIpc) is 2.82. The first-order valence-electron chi connectivity index (χ1n) is 11.4. The summed E-state index contributed by atoms with van der Waals surface area (Å²) < 4.78 is 12.7. The summed E-state index contributed by atoms with van der Waals surface area (Å²) in [6.07, 6.45) is 1.46. The summed E-state index contributed by atoms with van der Waals surface area (Å²) in [5, 5.41) is 2.26. The van der Waals surface area contributed by atoms with Gasteiger partial charge >= 0.3 is 6.03 Å². The lowest BCUT2D eigenvalue weighted by Crippen LogP contribution is -2.54. The first-order valence-corrected chi connectivity index (χ1v) is 12.5. The second kappa shape index (κ2) is 10.9. The van der Waals surface area contributed by atoms with Crippen LogP contribution < -0.4 is 19.7 Å². The van der Waals surface area contributed by atoms with Crippen LogP contribution in [0.4, 0.5) is 10.5 Å². The van der Waals surface area contributed by atoms with Gasteiger partial charge in [0.15, 0.2) is 11.5 Å². The molecule has 0 radical (unpaired) electrons. The van der Waals surface area contributed by atoms with Gasteiger partial charge in [-0.25, -0.2) is 9.69 Å². The molecule has 36 heavy (non-hydrogen) atoms. The highest BCUT2D eigenvalue weighted by molar-refractivity contribution is 14.1. The normalized spacial score (nSPS) is 14.7. The number of ether oxygens (including phenoxy) is 2. The number of carbonyl (C=O) groups is 3. The number of aryl methyl sites for hydroxylation is 2. The van der Waals surface area contributed by atoms with E-state index in [4.69, 9.17) is 9.47 Å². The molecule has 0 bridgehead atoms. The van der Waals surface area contributed by atoms with Crippen molar-refractivity contribution in [3.8, 4) is 11.5 Å². The minimum absolute atomic E-state index is 0.150. The van der Waals surface area contributed by atoms with Gasteiger partial charge in [-0.1, -0.05) is 42.0 Å². The largest absolute Gasteiger partial charge is 0.490 e. The van der Waals surface area contributed by atoms with Gasteiger partial charge in [0.05, 0.1) is 15.9 Å². The molecule has 0 saturated carbocycles. The van der Waals surface area contributed by atoms with Gasteiger partial charge in [-0.2, -0.15) is 0 Å². The summed E-state index contributed by atoms with van der Waals surface area (Å²) in [6.45, 7) is 6.53. The molecule has 4 rings (SSSR count). The van der Waals surface area contributed by atoms with Crippen LogP contribution in [0.5, 0.6) is 11.5 Å². The Balaban J connectivity index is 1.66. The number of urea groups is 1. The second-order valence-electron chi connectivity index (χ2n) is 8.33. The van der Waals surface area contributed by atoms with E-state index in [0.717, 1.165) is 19.6 Å². The van der Waals surface area contributed by atoms with Gasteiger partial charge in [0.2, 0.25) is 0 Å². The molecular formula is C28H25IN2O5. The highest BCUT2D eigenvalue weighted by Crippen LogP contribution is 2.36. The average molecular weight is 596 g/mol. The molecule has 4 amide bonds. The summed E-state index contributed by atoms with van der Waals surface area (Å²) in [5.41, 5.74) is 3.89. The standard InChI is InChI=1S/C28H25IN2O5/c1-4-35-24-15-20(14-23(29)25(24)36-16-19-10-8-17(2)9-11-19)13-22-26(32)30-28(34)31(27(22)33)21-7-5-6-18(3)12-21/h5-15H,4,16H2,1-3H3,(H,30,32,34)/b22-13+. The van der Waals surface area contributed by atoms with Crippen LogP contribution in [0.25, 0.3) is 6.08 Å². The summed E-state index contributed by atoms with van der Waals surface area (Å²) in [5.74, 6) is -0.363. The number of carbonyl (C=O) groups excluding carboxylic acids is 3. The van der Waals surface area contributed by atoms with Crippen LogP contribution in [-0.4, -0.2) is 24.5 Å². The molecule has 1 fully saturated rings. The third kappa shape index (κ3) is 5.59. The number of anilines is 1. The molecule has 3 aromatic carbocycles. The molecule has 1 heterocycles. The molecular weight excluding hydrogens is 571 g/mol. The fourth-order valence-corrected chi connectivity index (χ4v) is 4.52. The molecule has 0 spiro atoms. The summed E-state index contributed by atoms with van der Waals surface area (Å²) in [6, 6.07) is 17.8. The zero-order chi connectivity index (χ0) is 25.8. The molecule has 0 aromatic heterocycles. The fourth-order valence-electron chi connectivity index (χ4n) is 3.74. The Labute approximate surface area is 223 Å². The van der Waals surface area contributed by atoms with Gasteiger partial charge in [-0.15, -0.1) is 0 Å². The van der Waals surface area contributed by atoms with E-state index in [2.05, 4.69) is 27.9 Å². The second-order valence-corrected chi connectivity index (χ2v) is 9.50. The molecule has 1 N–H and O–H groups in total. The quantitative estimate of drug-likeness (QED) is 0.220. The van der Waals surface area contributed by atoms with Crippen LogP contribution in [0.2, 0.25) is 0 Å². The van der Waals surface area contributed by atoms with Crippen molar-refractivity contribution >= 4 is 52.2 Å². The molecule has 3 aromatic rings. The van der Waals surface area contributed by atoms with Crippen molar-refractivity contribution < 1.29 is 23.9 Å². The van der Waals surface area contributed by atoms with Gasteiger partial charge in [0, 0.05) is 0 Å². The van der Waals surface area contributed by atoms with E-state index in [1.165, 1.54) is 11.6 Å². The van der Waals surface area contributed by atoms with E-state index < -0.39 is 17.8 Å². The Morgan fingerprint density at radius 3 is 2.39 bits per heavy atom. The SMILES string of the molecule is CCOc1cc(/C=C2\C(=O)NC(=O)N(c3cccc(C)c3)C2=O)cc(I)c1OCc1ccc(C)cc1. The Bertz CT molecular complexity index is 1360. The first kappa shape index (κ1) is 25.4. The minimum Gasteiger partial charge on any atom is -0.490 e. The van der Waals surface area contributed by atoms with Crippen LogP contribution in [0.1, 0.15) is 29.2 Å². The topological polar surface area (TPSA) is 84.9 Å². The molecule has 0 unspecified atom stereocenters. The van der Waals surface area contributed by atoms with Crippen LogP contribution in [0.15, 0.2) is 66.2 Å². The Morgan fingerprint density at radius 2 is 1.69 bits per heavy atom. The van der Waals surface area contributed by atoms with Gasteiger partial charge in [0.1, 0.15) is 12.2 Å². The van der Waals surface area contributed by atoms with Crippen LogP contribution in [0, 0.1) is 17.4 Å². The molecule has 1 aliphatic rings. The van der Waals surface area contributed by atoms with Gasteiger partial charge in [-0.3, -0.25) is 14.9 Å². The summed E-state index contributed by atoms with van der Waals surface area (Å²) in [7, 11) is 0. The highest BCUT2D eigenvalue weighted by Gasteiger charge is 2.36. The van der Waals surface area contributed by atoms with Crippen molar-refractivity contribution in [1.82, 2.24) is 5.32 Å². The molecule has 0 atom stereocenters. The number of rotatable bonds is 7. The lowest BCUT2D eigenvalue weighted by molar-refractivity contribution is -0.122. The maximum atomic E-state index is 13.2. The highest BCUT2D eigenvalue weighted by atomic mass is 127. The first-order chi connectivity index (χ1) is 17.3. The predicted molar refractivity (Wildman–Crippen MR) is 146 cm³/mol. The van der Waals surface area contributed by atoms with Crippen LogP contribution in [-0.2, 0) is 16.2 Å². The van der Waals surface area contributed by atoms with E-state index in [1.54, 1.807) is 30.3 Å². The lowest BCUT2D eigenvalue weighted by atomic mass is 10.1. The third-order valence-electron chi connectivity index (χ3n) is 5.51. The zero-order valence-corrected chi connectivity index (χ0v) is 22.3. The van der Waals surface area contributed by atoms with E-state index in [0.29, 0.717) is 36.0 Å². The van der Waals surface area contributed by atoms with Crippen molar-refractivity contribution in [2.45, 2.75) is 27.4 Å². The third-order valence-corrected chi connectivity index (χ3v) is 6.31. The van der Waals surface area contributed by atoms with Gasteiger partial charge < -0.3 is 9.47 Å². The maximum Gasteiger partial charge on any atom is 0.335 e. The number of barbiturate groups is 1. The predicted octanol–water partition coefficient (Wildman–Crippen LogP) is 5.55. The smallest absolute Gasteiger partial charge is 0.335 e. The summed E-state index contributed by atoms with van der Waals surface area (Å²) in [4.78, 5) is 39.3.